The number of rotatable bonds is 0. The van der Waals surface area contributed by atoms with Crippen molar-refractivity contribution in [3.63, 3.8) is 0 Å². The van der Waals surface area contributed by atoms with Crippen LogP contribution in [-0.4, -0.2) is 32.3 Å². The van der Waals surface area contributed by atoms with E-state index in [1.165, 1.54) is 0 Å². The van der Waals surface area contributed by atoms with Gasteiger partial charge in [-0.2, -0.15) is 0 Å². The minimum absolute atomic E-state index is 0. The van der Waals surface area contributed by atoms with E-state index in [0.717, 1.165) is 0 Å². The second kappa shape index (κ2) is 344. The molecule has 0 unspecified atom stereocenters. The van der Waals surface area contributed by atoms with Crippen molar-refractivity contribution in [2.24, 2.45) is 0 Å². The van der Waals surface area contributed by atoms with Crippen LogP contribution in [0.15, 0.2) is 0 Å². The molecule has 0 radical (unpaired) electrons. The molecule has 0 rings (SSSR count). The van der Waals surface area contributed by atoms with E-state index in [-0.39, 0.29) is 51.1 Å². The van der Waals surface area contributed by atoms with Gasteiger partial charge < -0.3 is 18.8 Å². The van der Waals surface area contributed by atoms with Gasteiger partial charge in [0, 0.05) is 0 Å². The maximum Gasteiger partial charge on any atom is 4.00 e. The normalized spacial score (nSPS) is 0. The van der Waals surface area contributed by atoms with E-state index >= 15 is 0 Å². The Labute approximate surface area is 51.7 Å². The fourth-order valence-electron chi connectivity index (χ4n) is 0. The average molecular weight is 209 g/mol. The fourth-order valence-corrected chi connectivity index (χ4v) is 0. The molecule has 0 aromatic heterocycles. The number of hydrogen-bond donors (Lipinski definition) is 0. The first-order valence-electron chi connectivity index (χ1n) is 0. The molecule has 0 bridgehead atoms. The van der Waals surface area contributed by atoms with E-state index in [0.29, 0.717) is 0 Å². The van der Waals surface area contributed by atoms with Crippen molar-refractivity contribution in [2.75, 3.05) is 0 Å². The van der Waals surface area contributed by atoms with Gasteiger partial charge >= 0.3 is 23.9 Å². The Morgan fingerprint density at radius 3 is 0.500 bits per heavy atom. The summed E-state index contributed by atoms with van der Waals surface area (Å²) in [6, 6.07) is 0. The summed E-state index contributed by atoms with van der Waals surface area (Å²) in [7, 11) is 0. The van der Waals surface area contributed by atoms with Crippen LogP contribution >= 0.6 is 0 Å². The van der Waals surface area contributed by atoms with Crippen LogP contribution < -0.4 is 18.8 Å². The summed E-state index contributed by atoms with van der Waals surface area (Å²) in [6.45, 7) is 0. The third-order valence-electron chi connectivity index (χ3n) is 0. The Morgan fingerprint density at radius 1 is 0.500 bits per heavy atom. The largest absolute Gasteiger partial charge is 4.00 e. The van der Waals surface area contributed by atoms with Crippen LogP contribution in [0.3, 0.4) is 0 Å². The molecule has 0 aliphatic rings. The van der Waals surface area contributed by atoms with Crippen LogP contribution in [0.25, 0.3) is 0 Å². The average Bonchev–Trinajstić information content (AvgIpc) is 0. The molecule has 0 saturated heterocycles. The molecule has 0 atom stereocenters. The first-order valence-corrected chi connectivity index (χ1v) is 0. The maximum absolute atomic E-state index is 0. The minimum atomic E-state index is 0. The van der Waals surface area contributed by atoms with Gasteiger partial charge in [0.15, 0.2) is 0 Å². The first kappa shape index (κ1) is 603. The van der Waals surface area contributed by atoms with E-state index in [1.54, 1.807) is 0 Å². The summed E-state index contributed by atoms with van der Waals surface area (Å²) >= 11 is 0. The predicted octanol–water partition coefficient (Wildman–Crippen LogP) is -13.5. The second-order valence-corrected chi connectivity index (χ2v) is 0. The van der Waals surface area contributed by atoms with Gasteiger partial charge in [0.2, 0.25) is 0 Å². The monoisotopic (exact) mass is 210 g/mol. The van der Waals surface area contributed by atoms with Crippen molar-refractivity contribution in [2.45, 2.75) is 0 Å². The molecule has 0 aromatic rings. The molecular formula is H3BF4Sn. The molecule has 0 spiro atoms. The van der Waals surface area contributed by atoms with Crippen LogP contribution in [0.4, 0.5) is 0 Å². The predicted molar refractivity (Wildman–Crippen MR) is 15.7 cm³/mol. The van der Waals surface area contributed by atoms with Gasteiger partial charge in [-0.3, -0.25) is 0 Å². The van der Waals surface area contributed by atoms with Crippen LogP contribution in [0.2, 0.25) is 0 Å². The van der Waals surface area contributed by atoms with Gasteiger partial charge in [0.1, 0.15) is 0 Å². The van der Waals surface area contributed by atoms with E-state index in [9.17, 15) is 0 Å². The Bertz CT molecular complexity index is 7.51. The molecule has 0 saturated carbocycles. The van der Waals surface area contributed by atoms with Crippen LogP contribution in [0.5, 0.6) is 0 Å². The van der Waals surface area contributed by atoms with Gasteiger partial charge in [0.05, 0.1) is 8.41 Å². The Balaban J connectivity index is 0. The summed E-state index contributed by atoms with van der Waals surface area (Å²) in [5.41, 5.74) is 0. The maximum atomic E-state index is 0. The quantitative estimate of drug-likeness (QED) is 0.274. The molecule has 6 heavy (non-hydrogen) atoms. The van der Waals surface area contributed by atoms with Crippen molar-refractivity contribution in [1.82, 2.24) is 0 Å². The van der Waals surface area contributed by atoms with Gasteiger partial charge in [-0.25, -0.2) is 0 Å². The molecule has 0 aliphatic carbocycles. The summed E-state index contributed by atoms with van der Waals surface area (Å²) in [5, 5.41) is 0. The summed E-state index contributed by atoms with van der Waals surface area (Å²) in [6.07, 6.45) is 0. The second-order valence-electron chi connectivity index (χ2n) is 0. The zero-order valence-electron chi connectivity index (χ0n) is 2.01. The van der Waals surface area contributed by atoms with Gasteiger partial charge in [-0.05, 0) is 0 Å². The molecule has 0 aliphatic heterocycles. The molecule has 0 N–H and O–H groups in total. The summed E-state index contributed by atoms with van der Waals surface area (Å²) < 4.78 is 0. The topological polar surface area (TPSA) is 0 Å². The third-order valence-corrected chi connectivity index (χ3v) is 0. The third kappa shape index (κ3) is 173. The Hall–Kier alpha value is 0.584. The molecule has 0 aromatic carbocycles. The SMILES string of the molecule is B.[F-].[F-].[F-].[F-].[Sn+4]. The molecule has 0 heterocycles. The zero-order valence-corrected chi connectivity index (χ0v) is 4.87. The van der Waals surface area contributed by atoms with Gasteiger partial charge in [-0.1, -0.05) is 0 Å². The molecular weight excluding hydrogens is 206 g/mol. The van der Waals surface area contributed by atoms with Crippen molar-refractivity contribution in [3.8, 4) is 0 Å². The van der Waals surface area contributed by atoms with Crippen molar-refractivity contribution >= 4 is 32.3 Å². The number of hydrogen-bond acceptors (Lipinski definition) is 0. The zero-order chi connectivity index (χ0) is 0. The fraction of sp³-hybridized carbons (Fsp3) is 0. The first-order chi connectivity index (χ1) is 0. The molecule has 0 nitrogen and oxygen atoms in total. The molecule has 0 fully saturated rings. The molecule has 0 amide bonds. The van der Waals surface area contributed by atoms with Crippen molar-refractivity contribution in [3.05, 3.63) is 0 Å². The van der Waals surface area contributed by atoms with E-state index in [2.05, 4.69) is 0 Å². The van der Waals surface area contributed by atoms with Crippen LogP contribution in [0, 0.1) is 0 Å². The van der Waals surface area contributed by atoms with E-state index in [4.69, 9.17) is 0 Å². The van der Waals surface area contributed by atoms with Crippen molar-refractivity contribution < 1.29 is 18.8 Å². The van der Waals surface area contributed by atoms with Gasteiger partial charge in [-0.15, -0.1) is 0 Å². The summed E-state index contributed by atoms with van der Waals surface area (Å²) in [5.74, 6) is 0. The van der Waals surface area contributed by atoms with Crippen LogP contribution in [-0.2, 0) is 0 Å². The standard InChI is InChI=1S/BH3.4FH.Sn/h1H3;4*1H;/q;;;;;+4/p-4. The minimum Gasteiger partial charge on any atom is -1.00 e. The van der Waals surface area contributed by atoms with E-state index < -0.39 is 0 Å². The summed E-state index contributed by atoms with van der Waals surface area (Å²) in [4.78, 5) is 0. The number of halogens is 4. The Kier molecular flexibility index (Phi) is 34600. The smallest absolute Gasteiger partial charge is 1.00 e. The Morgan fingerprint density at radius 2 is 0.500 bits per heavy atom. The molecule has 6 heteroatoms. The van der Waals surface area contributed by atoms with E-state index in [1.807, 2.05) is 0 Å². The molecule has 38 valence electrons. The van der Waals surface area contributed by atoms with Gasteiger partial charge in [0.25, 0.3) is 0 Å². The van der Waals surface area contributed by atoms with Crippen molar-refractivity contribution in [1.29, 1.82) is 0 Å². The van der Waals surface area contributed by atoms with Crippen LogP contribution in [0.1, 0.15) is 0 Å².